The molecule has 1 aromatic rings. The van der Waals surface area contributed by atoms with Gasteiger partial charge in [0, 0.05) is 6.04 Å². The third-order valence-electron chi connectivity index (χ3n) is 3.62. The number of aliphatic hydroxyl groups excluding tert-OH is 1. The summed E-state index contributed by atoms with van der Waals surface area (Å²) < 4.78 is 1.74. The van der Waals surface area contributed by atoms with Gasteiger partial charge in [-0.2, -0.15) is 5.10 Å². The highest BCUT2D eigenvalue weighted by molar-refractivity contribution is 9.10. The second kappa shape index (κ2) is 5.63. The lowest BCUT2D eigenvalue weighted by molar-refractivity contribution is 0.266. The van der Waals surface area contributed by atoms with E-state index in [1.165, 1.54) is 11.1 Å². The fourth-order valence-corrected chi connectivity index (χ4v) is 3.02. The van der Waals surface area contributed by atoms with Crippen LogP contribution >= 0.6 is 15.9 Å². The molecule has 1 aliphatic carbocycles. The smallest absolute Gasteiger partial charge is 0.283 e. The highest BCUT2D eigenvalue weighted by Gasteiger charge is 2.31. The van der Waals surface area contributed by atoms with Crippen molar-refractivity contribution in [2.45, 2.75) is 45.7 Å². The fourth-order valence-electron chi connectivity index (χ4n) is 2.60. The molecule has 1 saturated carbocycles. The van der Waals surface area contributed by atoms with Gasteiger partial charge in [0.2, 0.25) is 0 Å². The summed E-state index contributed by atoms with van der Waals surface area (Å²) in [6, 6.07) is 0.390. The molecule has 2 rings (SSSR count). The van der Waals surface area contributed by atoms with Crippen LogP contribution in [-0.4, -0.2) is 27.5 Å². The topological polar surface area (TPSA) is 67.2 Å². The Balaban J connectivity index is 2.14. The van der Waals surface area contributed by atoms with Crippen molar-refractivity contribution in [1.82, 2.24) is 9.78 Å². The second-order valence-electron chi connectivity index (χ2n) is 5.87. The molecule has 0 aliphatic heterocycles. The summed E-state index contributed by atoms with van der Waals surface area (Å²) in [6.45, 7) is 4.65. The van der Waals surface area contributed by atoms with Crippen molar-refractivity contribution in [1.29, 1.82) is 0 Å². The van der Waals surface area contributed by atoms with Gasteiger partial charge in [0.15, 0.2) is 0 Å². The Morgan fingerprint density at radius 3 is 2.95 bits per heavy atom. The summed E-state index contributed by atoms with van der Waals surface area (Å²) >= 11 is 3.32. The van der Waals surface area contributed by atoms with Crippen LogP contribution in [0.5, 0.6) is 0 Å². The van der Waals surface area contributed by atoms with Gasteiger partial charge in [-0.25, -0.2) is 4.68 Å². The number of hydrogen-bond acceptors (Lipinski definition) is 4. The van der Waals surface area contributed by atoms with E-state index in [0.29, 0.717) is 15.9 Å². The first-order valence-electron chi connectivity index (χ1n) is 6.56. The van der Waals surface area contributed by atoms with Crippen LogP contribution in [0, 0.1) is 5.41 Å². The lowest BCUT2D eigenvalue weighted by Gasteiger charge is -2.19. The number of anilines is 1. The third-order valence-corrected chi connectivity index (χ3v) is 4.39. The van der Waals surface area contributed by atoms with E-state index in [2.05, 4.69) is 40.2 Å². The number of halogens is 1. The van der Waals surface area contributed by atoms with Gasteiger partial charge in [-0.15, -0.1) is 0 Å². The highest BCUT2D eigenvalue weighted by atomic mass is 79.9. The predicted molar refractivity (Wildman–Crippen MR) is 78.3 cm³/mol. The van der Waals surface area contributed by atoms with Gasteiger partial charge < -0.3 is 10.4 Å². The quantitative estimate of drug-likeness (QED) is 0.886. The summed E-state index contributed by atoms with van der Waals surface area (Å²) in [6.07, 6.45) is 5.04. The average molecular weight is 330 g/mol. The normalized spacial score (nSPS) is 21.6. The van der Waals surface area contributed by atoms with Crippen molar-refractivity contribution < 1.29 is 5.11 Å². The molecular weight excluding hydrogens is 310 g/mol. The zero-order chi connectivity index (χ0) is 14.0. The molecule has 1 aliphatic rings. The molecule has 0 spiro atoms. The van der Waals surface area contributed by atoms with Gasteiger partial charge in [0.1, 0.15) is 4.47 Å². The van der Waals surface area contributed by atoms with Crippen LogP contribution in [0.3, 0.4) is 0 Å². The Morgan fingerprint density at radius 1 is 1.63 bits per heavy atom. The van der Waals surface area contributed by atoms with Crippen molar-refractivity contribution in [2.75, 3.05) is 11.9 Å². The SMILES string of the molecule is CC1(C)CCC(Nc2cnn(CCO)c(=O)c2Br)C1. The Labute approximate surface area is 121 Å². The molecule has 0 saturated heterocycles. The standard InChI is InChI=1S/C13H20BrN3O2/c1-13(2)4-3-9(7-13)16-10-8-15-17(5-6-18)12(19)11(10)14/h8-9,16,18H,3-7H2,1-2H3. The summed E-state index contributed by atoms with van der Waals surface area (Å²) in [5.74, 6) is 0. The van der Waals surface area contributed by atoms with Gasteiger partial charge in [-0.1, -0.05) is 13.8 Å². The van der Waals surface area contributed by atoms with Gasteiger partial charge in [-0.3, -0.25) is 4.79 Å². The first-order chi connectivity index (χ1) is 8.93. The molecule has 106 valence electrons. The third kappa shape index (κ3) is 3.36. The van der Waals surface area contributed by atoms with Crippen LogP contribution in [0.2, 0.25) is 0 Å². The Kier molecular flexibility index (Phi) is 4.30. The maximum absolute atomic E-state index is 12.0. The zero-order valence-electron chi connectivity index (χ0n) is 11.3. The van der Waals surface area contributed by atoms with Crippen LogP contribution < -0.4 is 10.9 Å². The average Bonchev–Trinajstić information content (AvgIpc) is 2.69. The molecule has 2 N–H and O–H groups in total. The lowest BCUT2D eigenvalue weighted by Crippen LogP contribution is -2.27. The number of aromatic nitrogens is 2. The van der Waals surface area contributed by atoms with Crippen LogP contribution in [0.4, 0.5) is 5.69 Å². The number of aliphatic hydroxyl groups is 1. The van der Waals surface area contributed by atoms with Gasteiger partial charge in [0.05, 0.1) is 25.0 Å². The van der Waals surface area contributed by atoms with Gasteiger partial charge >= 0.3 is 0 Å². The van der Waals surface area contributed by atoms with Crippen molar-refractivity contribution in [3.05, 3.63) is 21.0 Å². The van der Waals surface area contributed by atoms with E-state index in [1.54, 1.807) is 6.20 Å². The van der Waals surface area contributed by atoms with Gasteiger partial charge in [0.25, 0.3) is 5.56 Å². The van der Waals surface area contributed by atoms with Crippen LogP contribution in [0.15, 0.2) is 15.5 Å². The van der Waals surface area contributed by atoms with E-state index in [0.717, 1.165) is 18.5 Å². The van der Waals surface area contributed by atoms with E-state index >= 15 is 0 Å². The van der Waals surface area contributed by atoms with Crippen molar-refractivity contribution in [2.24, 2.45) is 5.41 Å². The zero-order valence-corrected chi connectivity index (χ0v) is 12.9. The molecule has 19 heavy (non-hydrogen) atoms. The molecule has 1 aromatic heterocycles. The molecule has 1 fully saturated rings. The first-order valence-corrected chi connectivity index (χ1v) is 7.35. The minimum atomic E-state index is -0.212. The number of hydrogen-bond donors (Lipinski definition) is 2. The molecular formula is C13H20BrN3O2. The Hall–Kier alpha value is -0.880. The molecule has 1 heterocycles. The lowest BCUT2D eigenvalue weighted by atomic mass is 9.92. The molecule has 1 unspecified atom stereocenters. The molecule has 1 atom stereocenters. The van der Waals surface area contributed by atoms with E-state index in [1.807, 2.05) is 0 Å². The number of rotatable bonds is 4. The van der Waals surface area contributed by atoms with E-state index < -0.39 is 0 Å². The highest BCUT2D eigenvalue weighted by Crippen LogP contribution is 2.38. The summed E-state index contributed by atoms with van der Waals surface area (Å²) in [5.41, 5.74) is 0.891. The Bertz CT molecular complexity index is 513. The molecule has 0 amide bonds. The summed E-state index contributed by atoms with van der Waals surface area (Å²) in [5, 5.41) is 16.3. The maximum Gasteiger partial charge on any atom is 0.283 e. The van der Waals surface area contributed by atoms with Crippen LogP contribution in [0.1, 0.15) is 33.1 Å². The van der Waals surface area contributed by atoms with Crippen LogP contribution in [-0.2, 0) is 6.54 Å². The van der Waals surface area contributed by atoms with Crippen molar-refractivity contribution in [3.63, 3.8) is 0 Å². The largest absolute Gasteiger partial charge is 0.394 e. The minimum Gasteiger partial charge on any atom is -0.394 e. The summed E-state index contributed by atoms with van der Waals surface area (Å²) in [4.78, 5) is 12.0. The summed E-state index contributed by atoms with van der Waals surface area (Å²) in [7, 11) is 0. The van der Waals surface area contributed by atoms with Crippen molar-refractivity contribution >= 4 is 21.6 Å². The number of nitrogens with one attached hydrogen (secondary N) is 1. The molecule has 6 heteroatoms. The maximum atomic E-state index is 12.0. The van der Waals surface area contributed by atoms with E-state index in [9.17, 15) is 4.79 Å². The van der Waals surface area contributed by atoms with Crippen LogP contribution in [0.25, 0.3) is 0 Å². The molecule has 0 radical (unpaired) electrons. The van der Waals surface area contributed by atoms with Crippen molar-refractivity contribution in [3.8, 4) is 0 Å². The molecule has 0 aromatic carbocycles. The fraction of sp³-hybridized carbons (Fsp3) is 0.692. The van der Waals surface area contributed by atoms with E-state index in [-0.39, 0.29) is 18.7 Å². The Morgan fingerprint density at radius 2 is 2.37 bits per heavy atom. The van der Waals surface area contributed by atoms with Gasteiger partial charge in [-0.05, 0) is 40.6 Å². The first kappa shape index (κ1) is 14.5. The minimum absolute atomic E-state index is 0.0943. The monoisotopic (exact) mass is 329 g/mol. The van der Waals surface area contributed by atoms with E-state index in [4.69, 9.17) is 5.11 Å². The second-order valence-corrected chi connectivity index (χ2v) is 6.67. The molecule has 0 bridgehead atoms. The predicted octanol–water partition coefficient (Wildman–Crippen LogP) is 1.99. The number of nitrogens with zero attached hydrogens (tertiary/aromatic N) is 2. The molecule has 5 nitrogen and oxygen atoms in total.